The zero-order valence-corrected chi connectivity index (χ0v) is 11.4. The molecule has 0 radical (unpaired) electrons. The number of nitrogens with zero attached hydrogens (tertiary/aromatic N) is 1. The Morgan fingerprint density at radius 2 is 2.47 bits per heavy atom. The van der Waals surface area contributed by atoms with Crippen LogP contribution < -0.4 is 10.6 Å². The molecule has 1 saturated heterocycles. The average Bonchev–Trinajstić information content (AvgIpc) is 2.84. The summed E-state index contributed by atoms with van der Waals surface area (Å²) in [5.74, 6) is 0. The average molecular weight is 253 g/mol. The largest absolute Gasteiger partial charge is 0.316 e. The van der Waals surface area contributed by atoms with Crippen LogP contribution >= 0.6 is 11.3 Å². The second kappa shape index (κ2) is 7.11. The maximum absolute atomic E-state index is 3.54. The Balaban J connectivity index is 1.53. The third-order valence-electron chi connectivity index (χ3n) is 3.43. The summed E-state index contributed by atoms with van der Waals surface area (Å²) in [6, 6.07) is 5.05. The molecule has 1 aromatic heterocycles. The van der Waals surface area contributed by atoms with E-state index in [2.05, 4.69) is 40.1 Å². The third-order valence-corrected chi connectivity index (χ3v) is 4.36. The van der Waals surface area contributed by atoms with Crippen molar-refractivity contribution in [2.75, 3.05) is 39.8 Å². The van der Waals surface area contributed by atoms with Crippen molar-refractivity contribution < 1.29 is 0 Å². The van der Waals surface area contributed by atoms with E-state index in [-0.39, 0.29) is 0 Å². The van der Waals surface area contributed by atoms with Crippen LogP contribution in [0.25, 0.3) is 0 Å². The topological polar surface area (TPSA) is 27.3 Å². The van der Waals surface area contributed by atoms with Crippen LogP contribution in [0.3, 0.4) is 0 Å². The van der Waals surface area contributed by atoms with Gasteiger partial charge in [0.1, 0.15) is 0 Å². The van der Waals surface area contributed by atoms with Crippen molar-refractivity contribution in [1.29, 1.82) is 0 Å². The third kappa shape index (κ3) is 4.39. The molecule has 3 nitrogen and oxygen atoms in total. The van der Waals surface area contributed by atoms with Crippen LogP contribution in [0.15, 0.2) is 17.5 Å². The molecule has 1 atom stereocenters. The van der Waals surface area contributed by atoms with E-state index in [1.165, 1.54) is 17.8 Å². The Morgan fingerprint density at radius 1 is 1.53 bits per heavy atom. The second-order valence-electron chi connectivity index (χ2n) is 4.71. The summed E-state index contributed by atoms with van der Waals surface area (Å²) in [5.41, 5.74) is 0. The van der Waals surface area contributed by atoms with E-state index in [1.807, 2.05) is 11.3 Å². The molecule has 96 valence electrons. The molecule has 1 aliphatic heterocycles. The lowest BCUT2D eigenvalue weighted by Crippen LogP contribution is -2.50. The van der Waals surface area contributed by atoms with Gasteiger partial charge in [0, 0.05) is 30.6 Å². The first-order valence-corrected chi connectivity index (χ1v) is 7.38. The van der Waals surface area contributed by atoms with Crippen LogP contribution in [-0.2, 0) is 6.42 Å². The Bertz CT molecular complexity index is 300. The highest BCUT2D eigenvalue weighted by Crippen LogP contribution is 2.08. The summed E-state index contributed by atoms with van der Waals surface area (Å²) in [5, 5.41) is 9.16. The maximum Gasteiger partial charge on any atom is 0.0230 e. The first-order chi connectivity index (χ1) is 8.36. The van der Waals surface area contributed by atoms with Gasteiger partial charge in [0.05, 0.1) is 0 Å². The quantitative estimate of drug-likeness (QED) is 0.745. The molecule has 0 spiro atoms. The molecule has 1 aromatic rings. The summed E-state index contributed by atoms with van der Waals surface area (Å²) in [4.78, 5) is 3.95. The van der Waals surface area contributed by atoms with E-state index in [1.54, 1.807) is 0 Å². The van der Waals surface area contributed by atoms with Crippen molar-refractivity contribution in [2.24, 2.45) is 0 Å². The van der Waals surface area contributed by atoms with Crippen LogP contribution in [-0.4, -0.2) is 50.7 Å². The zero-order chi connectivity index (χ0) is 11.9. The van der Waals surface area contributed by atoms with Gasteiger partial charge in [0.15, 0.2) is 0 Å². The zero-order valence-electron chi connectivity index (χ0n) is 10.6. The normalized spacial score (nSPS) is 21.8. The van der Waals surface area contributed by atoms with Gasteiger partial charge in [-0.3, -0.25) is 0 Å². The molecule has 2 N–H and O–H groups in total. The fourth-order valence-electron chi connectivity index (χ4n) is 2.25. The number of piperazine rings is 1. The molecule has 1 aliphatic rings. The summed E-state index contributed by atoms with van der Waals surface area (Å²) >= 11 is 1.85. The molecular formula is C13H23N3S. The molecule has 17 heavy (non-hydrogen) atoms. The minimum absolute atomic E-state index is 0.706. The van der Waals surface area contributed by atoms with Gasteiger partial charge in [0.2, 0.25) is 0 Å². The van der Waals surface area contributed by atoms with Crippen molar-refractivity contribution in [2.45, 2.75) is 18.9 Å². The van der Waals surface area contributed by atoms with E-state index in [0.29, 0.717) is 6.04 Å². The fraction of sp³-hybridized carbons (Fsp3) is 0.692. The lowest BCUT2D eigenvalue weighted by atomic mass is 10.1. The summed E-state index contributed by atoms with van der Waals surface area (Å²) in [7, 11) is 2.23. The predicted molar refractivity (Wildman–Crippen MR) is 74.8 cm³/mol. The van der Waals surface area contributed by atoms with E-state index in [0.717, 1.165) is 32.6 Å². The van der Waals surface area contributed by atoms with Crippen LogP contribution in [0.1, 0.15) is 11.3 Å². The summed E-state index contributed by atoms with van der Waals surface area (Å²) in [6.45, 7) is 5.69. The lowest BCUT2D eigenvalue weighted by Gasteiger charge is -2.33. The molecule has 4 heteroatoms. The molecule has 0 amide bonds. The van der Waals surface area contributed by atoms with Gasteiger partial charge >= 0.3 is 0 Å². The number of nitrogens with one attached hydrogen (secondary N) is 2. The molecule has 0 aromatic carbocycles. The van der Waals surface area contributed by atoms with Crippen molar-refractivity contribution in [3.8, 4) is 0 Å². The van der Waals surface area contributed by atoms with Crippen LogP contribution in [0.2, 0.25) is 0 Å². The van der Waals surface area contributed by atoms with Gasteiger partial charge in [-0.25, -0.2) is 0 Å². The first kappa shape index (κ1) is 13.0. The van der Waals surface area contributed by atoms with E-state index < -0.39 is 0 Å². The monoisotopic (exact) mass is 253 g/mol. The Kier molecular flexibility index (Phi) is 5.45. The minimum atomic E-state index is 0.706. The van der Waals surface area contributed by atoms with Crippen LogP contribution in [0.4, 0.5) is 0 Å². The van der Waals surface area contributed by atoms with Crippen LogP contribution in [0, 0.1) is 0 Å². The SMILES string of the molecule is CN1CCNCC1CCNCCc1cccs1. The number of hydrogen-bond donors (Lipinski definition) is 2. The molecule has 0 bridgehead atoms. The van der Waals surface area contributed by atoms with Crippen molar-refractivity contribution in [3.05, 3.63) is 22.4 Å². The standard InChI is InChI=1S/C13H23N3S/c1-16-9-8-15-11-12(16)4-6-14-7-5-13-3-2-10-17-13/h2-3,10,12,14-15H,4-9,11H2,1H3. The predicted octanol–water partition coefficient (Wildman–Crippen LogP) is 1.17. The molecule has 1 fully saturated rings. The van der Waals surface area contributed by atoms with E-state index in [9.17, 15) is 0 Å². The van der Waals surface area contributed by atoms with Crippen molar-refractivity contribution in [1.82, 2.24) is 15.5 Å². The van der Waals surface area contributed by atoms with Gasteiger partial charge in [0.25, 0.3) is 0 Å². The minimum Gasteiger partial charge on any atom is -0.316 e. The number of rotatable bonds is 6. The highest BCUT2D eigenvalue weighted by molar-refractivity contribution is 7.09. The Morgan fingerprint density at radius 3 is 3.24 bits per heavy atom. The van der Waals surface area contributed by atoms with Gasteiger partial charge in [-0.05, 0) is 44.4 Å². The van der Waals surface area contributed by atoms with Crippen molar-refractivity contribution in [3.63, 3.8) is 0 Å². The number of hydrogen-bond acceptors (Lipinski definition) is 4. The number of thiophene rings is 1. The summed E-state index contributed by atoms with van der Waals surface area (Å²) in [6.07, 6.45) is 2.41. The Hall–Kier alpha value is -0.420. The molecular weight excluding hydrogens is 230 g/mol. The molecule has 0 saturated carbocycles. The maximum atomic E-state index is 3.54. The molecule has 1 unspecified atom stereocenters. The second-order valence-corrected chi connectivity index (χ2v) is 5.74. The first-order valence-electron chi connectivity index (χ1n) is 6.50. The highest BCUT2D eigenvalue weighted by Gasteiger charge is 2.17. The van der Waals surface area contributed by atoms with Gasteiger partial charge in [-0.2, -0.15) is 0 Å². The smallest absolute Gasteiger partial charge is 0.0230 e. The number of likely N-dealkylation sites (N-methyl/N-ethyl adjacent to an activating group) is 1. The van der Waals surface area contributed by atoms with Gasteiger partial charge in [-0.1, -0.05) is 6.07 Å². The highest BCUT2D eigenvalue weighted by atomic mass is 32.1. The van der Waals surface area contributed by atoms with Gasteiger partial charge < -0.3 is 15.5 Å². The molecule has 2 heterocycles. The van der Waals surface area contributed by atoms with Crippen LogP contribution in [0.5, 0.6) is 0 Å². The van der Waals surface area contributed by atoms with Gasteiger partial charge in [-0.15, -0.1) is 11.3 Å². The molecule has 2 rings (SSSR count). The molecule has 0 aliphatic carbocycles. The van der Waals surface area contributed by atoms with E-state index >= 15 is 0 Å². The Labute approximate surface area is 108 Å². The van der Waals surface area contributed by atoms with E-state index in [4.69, 9.17) is 0 Å². The lowest BCUT2D eigenvalue weighted by molar-refractivity contribution is 0.190. The van der Waals surface area contributed by atoms with Crippen molar-refractivity contribution >= 4 is 11.3 Å². The fourth-order valence-corrected chi connectivity index (χ4v) is 2.95. The summed E-state index contributed by atoms with van der Waals surface area (Å²) < 4.78 is 0.